The van der Waals surface area contributed by atoms with E-state index >= 15 is 0 Å². The second kappa shape index (κ2) is 9.28. The van der Waals surface area contributed by atoms with E-state index in [1.165, 1.54) is 0 Å². The van der Waals surface area contributed by atoms with Gasteiger partial charge in [-0.3, -0.25) is 0 Å². The van der Waals surface area contributed by atoms with Gasteiger partial charge in [-0.2, -0.15) is 0 Å². The van der Waals surface area contributed by atoms with Crippen molar-refractivity contribution in [3.63, 3.8) is 0 Å². The van der Waals surface area contributed by atoms with Crippen LogP contribution in [0, 0.1) is 0 Å². The fourth-order valence-electron chi connectivity index (χ4n) is 4.67. The number of anilines is 2. The lowest BCUT2D eigenvalue weighted by atomic mass is 9.96. The number of aromatic nitrogens is 1. The molecule has 0 spiro atoms. The molecule has 1 aromatic heterocycles. The Hall–Kier alpha value is -2.31. The van der Waals surface area contributed by atoms with Crippen LogP contribution in [0.3, 0.4) is 0 Å². The van der Waals surface area contributed by atoms with Crippen molar-refractivity contribution < 1.29 is 14.6 Å². The summed E-state index contributed by atoms with van der Waals surface area (Å²) in [7, 11) is 0. The van der Waals surface area contributed by atoms with Gasteiger partial charge in [0.25, 0.3) is 0 Å². The van der Waals surface area contributed by atoms with E-state index in [9.17, 15) is 9.90 Å². The quantitative estimate of drug-likeness (QED) is 0.663. The highest BCUT2D eigenvalue weighted by Crippen LogP contribution is 2.38. The van der Waals surface area contributed by atoms with Crippen molar-refractivity contribution in [2.45, 2.75) is 57.7 Å². The molecule has 0 saturated carbocycles. The van der Waals surface area contributed by atoms with Gasteiger partial charge in [-0.15, -0.1) is 0 Å². The van der Waals surface area contributed by atoms with Gasteiger partial charge in [0.2, 0.25) is 0 Å². The summed E-state index contributed by atoms with van der Waals surface area (Å²) in [6.07, 6.45) is 4.05. The number of rotatable bonds is 7. The molecule has 2 aromatic rings. The number of benzene rings is 1. The number of aliphatic hydroxyl groups is 1. The van der Waals surface area contributed by atoms with Crippen LogP contribution in [0.4, 0.5) is 11.5 Å². The maximum atomic E-state index is 11.4. The van der Waals surface area contributed by atoms with E-state index in [1.54, 1.807) is 13.1 Å². The summed E-state index contributed by atoms with van der Waals surface area (Å²) in [4.78, 5) is 20.2. The van der Waals surface area contributed by atoms with Crippen LogP contribution in [0.15, 0.2) is 36.5 Å². The minimum atomic E-state index is -0.701. The second-order valence-electron chi connectivity index (χ2n) is 9.49. The summed E-state index contributed by atoms with van der Waals surface area (Å²) >= 11 is 6.76. The van der Waals surface area contributed by atoms with Gasteiger partial charge in [-0.25, -0.2) is 4.98 Å². The molecule has 1 unspecified atom stereocenters. The van der Waals surface area contributed by atoms with Gasteiger partial charge < -0.3 is 24.4 Å². The number of β-amino-alcohol motifs (C(OH)–C–C–N with tert-alkyl or cyclic N) is 1. The van der Waals surface area contributed by atoms with Gasteiger partial charge >= 0.3 is 0 Å². The molecule has 2 fully saturated rings. The predicted octanol–water partition coefficient (Wildman–Crippen LogP) is 4.44. The van der Waals surface area contributed by atoms with Crippen LogP contribution in [-0.4, -0.2) is 53.8 Å². The molecule has 1 aromatic carbocycles. The number of hydrogen-bond acceptors (Lipinski definition) is 6. The number of nitrogens with zero attached hydrogens (tertiary/aromatic N) is 3. The minimum Gasteiger partial charge on any atom is -0.489 e. The number of halogens is 1. The summed E-state index contributed by atoms with van der Waals surface area (Å²) in [6.45, 7) is 8.45. The number of carbonyl (C=O) groups excluding carboxylic acids is 1. The average molecular weight is 458 g/mol. The molecule has 2 saturated heterocycles. The maximum absolute atomic E-state index is 11.4. The van der Waals surface area contributed by atoms with Gasteiger partial charge in [0, 0.05) is 38.7 Å². The van der Waals surface area contributed by atoms with Crippen LogP contribution in [0.1, 0.15) is 51.5 Å². The highest BCUT2D eigenvalue weighted by Gasteiger charge is 2.34. The Kier molecular flexibility index (Phi) is 6.63. The first kappa shape index (κ1) is 22.9. The third kappa shape index (κ3) is 5.18. The third-order valence-electron chi connectivity index (χ3n) is 6.43. The summed E-state index contributed by atoms with van der Waals surface area (Å²) in [5.41, 5.74) is 1.41. The first-order valence-corrected chi connectivity index (χ1v) is 11.7. The Morgan fingerprint density at radius 1 is 1.28 bits per heavy atom. The molecule has 7 heteroatoms. The largest absolute Gasteiger partial charge is 0.489 e. The molecular formula is C25H32ClN3O3. The Morgan fingerprint density at radius 3 is 2.69 bits per heavy atom. The van der Waals surface area contributed by atoms with Gasteiger partial charge in [-0.05, 0) is 49.9 Å². The lowest BCUT2D eigenvalue weighted by Crippen LogP contribution is -2.30. The summed E-state index contributed by atoms with van der Waals surface area (Å²) in [6, 6.07) is 10.0. The molecule has 0 aliphatic carbocycles. The number of Topliss-reactive ketones (excluding diaryl/α,β-unsaturated/α-hetero) is 1. The number of hydrogen-bond donors (Lipinski definition) is 1. The van der Waals surface area contributed by atoms with Gasteiger partial charge in [0.05, 0.1) is 17.8 Å². The Morgan fingerprint density at radius 2 is 2.03 bits per heavy atom. The third-order valence-corrected chi connectivity index (χ3v) is 6.80. The van der Waals surface area contributed by atoms with Crippen molar-refractivity contribution in [3.05, 3.63) is 47.1 Å². The topological polar surface area (TPSA) is 65.9 Å². The number of carbonyl (C=O) groups is 1. The van der Waals surface area contributed by atoms with Gasteiger partial charge in [0.15, 0.2) is 0 Å². The molecule has 1 N–H and O–H groups in total. The van der Waals surface area contributed by atoms with Crippen molar-refractivity contribution in [1.29, 1.82) is 0 Å². The molecule has 3 heterocycles. The van der Waals surface area contributed by atoms with E-state index in [2.05, 4.69) is 21.7 Å². The minimum absolute atomic E-state index is 0.0793. The van der Waals surface area contributed by atoms with Gasteiger partial charge in [-0.1, -0.05) is 30.7 Å². The zero-order valence-electron chi connectivity index (χ0n) is 19.1. The number of ketones is 1. The summed E-state index contributed by atoms with van der Waals surface area (Å²) in [5, 5.41) is 10.9. The molecule has 3 atom stereocenters. The molecule has 32 heavy (non-hydrogen) atoms. The molecule has 0 radical (unpaired) electrons. The van der Waals surface area contributed by atoms with E-state index in [0.29, 0.717) is 24.4 Å². The van der Waals surface area contributed by atoms with E-state index < -0.39 is 5.60 Å². The first-order chi connectivity index (χ1) is 15.2. The molecule has 2 aliphatic heterocycles. The maximum Gasteiger partial charge on any atom is 0.149 e. The van der Waals surface area contributed by atoms with E-state index in [-0.39, 0.29) is 17.8 Å². The molecule has 4 rings (SSSR count). The van der Waals surface area contributed by atoms with E-state index in [1.807, 2.05) is 37.3 Å². The van der Waals surface area contributed by atoms with Crippen molar-refractivity contribution in [2.24, 2.45) is 0 Å². The zero-order chi connectivity index (χ0) is 22.9. The van der Waals surface area contributed by atoms with Crippen molar-refractivity contribution in [2.75, 3.05) is 36.0 Å². The highest BCUT2D eigenvalue weighted by atomic mass is 35.5. The van der Waals surface area contributed by atoms with Crippen molar-refractivity contribution in [1.82, 2.24) is 4.98 Å². The van der Waals surface area contributed by atoms with E-state index in [4.69, 9.17) is 16.3 Å². The lowest BCUT2D eigenvalue weighted by molar-refractivity contribution is -0.117. The molecular weight excluding hydrogens is 426 g/mol. The molecule has 0 amide bonds. The zero-order valence-corrected chi connectivity index (χ0v) is 19.8. The second-order valence-corrected chi connectivity index (χ2v) is 9.86. The first-order valence-electron chi connectivity index (χ1n) is 11.3. The van der Waals surface area contributed by atoms with Crippen LogP contribution in [0.25, 0.3) is 0 Å². The van der Waals surface area contributed by atoms with Gasteiger partial charge in [0.1, 0.15) is 28.5 Å². The normalized spacial score (nSPS) is 24.1. The summed E-state index contributed by atoms with van der Waals surface area (Å²) < 4.78 is 6.23. The highest BCUT2D eigenvalue weighted by molar-refractivity contribution is 6.35. The monoisotopic (exact) mass is 457 g/mol. The summed E-state index contributed by atoms with van der Waals surface area (Å²) in [5.74, 6) is 2.00. The van der Waals surface area contributed by atoms with Crippen molar-refractivity contribution in [3.8, 4) is 5.75 Å². The van der Waals surface area contributed by atoms with Crippen molar-refractivity contribution >= 4 is 28.9 Å². The predicted molar refractivity (Wildman–Crippen MR) is 128 cm³/mol. The van der Waals surface area contributed by atoms with Crippen LogP contribution in [0.2, 0.25) is 5.02 Å². The Labute approximate surface area is 195 Å². The molecule has 6 nitrogen and oxygen atoms in total. The van der Waals surface area contributed by atoms with E-state index in [0.717, 1.165) is 48.9 Å². The average Bonchev–Trinajstić information content (AvgIpc) is 3.34. The van der Waals surface area contributed by atoms with Crippen LogP contribution >= 0.6 is 11.6 Å². The van der Waals surface area contributed by atoms with Crippen LogP contribution in [0.5, 0.6) is 5.75 Å². The standard InChI is InChI=1S/C25H32ClN3O3/c1-17(14-18(2)30)19-4-6-20(7-5-19)32-21-9-12-28(15-21)22-8-11-27-24(23(22)26)29-13-10-25(3,31)16-29/h4-8,11,17,21,31H,9-10,12-16H2,1-3H3/t17-,21-,25?/m1/s1. The number of pyridine rings is 1. The van der Waals surface area contributed by atoms with Crippen LogP contribution < -0.4 is 14.5 Å². The van der Waals surface area contributed by atoms with Crippen LogP contribution in [-0.2, 0) is 4.79 Å². The fraction of sp³-hybridized carbons (Fsp3) is 0.520. The Balaban J connectivity index is 1.39. The molecule has 0 bridgehead atoms. The smallest absolute Gasteiger partial charge is 0.149 e. The molecule has 172 valence electrons. The Bertz CT molecular complexity index is 963. The SMILES string of the molecule is CC(=O)C[C@@H](C)c1ccc(O[C@@H]2CCN(c3ccnc(N4CCC(C)(O)C4)c3Cl)C2)cc1. The lowest BCUT2D eigenvalue weighted by Gasteiger charge is -2.25. The fourth-order valence-corrected chi connectivity index (χ4v) is 5.02. The number of ether oxygens (including phenoxy) is 1. The molecule has 2 aliphatic rings.